The summed E-state index contributed by atoms with van der Waals surface area (Å²) in [5.74, 6) is 0. The van der Waals surface area contributed by atoms with Gasteiger partial charge >= 0.3 is 0 Å². The van der Waals surface area contributed by atoms with Gasteiger partial charge in [-0.25, -0.2) is 18.4 Å². The Morgan fingerprint density at radius 2 is 1.41 bits per heavy atom. The van der Waals surface area contributed by atoms with Crippen LogP contribution in [0.25, 0.3) is 11.3 Å². The molecule has 5 rings (SSSR count). The lowest BCUT2D eigenvalue weighted by atomic mass is 10.4. The molecule has 0 bridgehead atoms. The summed E-state index contributed by atoms with van der Waals surface area (Å²) >= 11 is 1.22. The van der Waals surface area contributed by atoms with Crippen LogP contribution < -0.4 is 0 Å². The molecule has 29 heavy (non-hydrogen) atoms. The van der Waals surface area contributed by atoms with E-state index in [1.54, 1.807) is 29.9 Å². The zero-order valence-electron chi connectivity index (χ0n) is 15.3. The third-order valence-electron chi connectivity index (χ3n) is 4.75. The molecular formula is C20H17N5O2S2. The zero-order valence-corrected chi connectivity index (χ0v) is 16.9. The van der Waals surface area contributed by atoms with Crippen molar-refractivity contribution in [1.29, 1.82) is 0 Å². The molecule has 0 amide bonds. The largest absolute Gasteiger partial charge is 0.303 e. The predicted molar refractivity (Wildman–Crippen MR) is 111 cm³/mol. The minimum Gasteiger partial charge on any atom is -0.303 e. The highest BCUT2D eigenvalue weighted by atomic mass is 32.2. The Morgan fingerprint density at radius 1 is 0.828 bits per heavy atom. The SMILES string of the molecule is O=S(=O)(c1cccs1)N(Cc1cnc2ccccn12)Cc1cnc2ccccn12. The second-order valence-electron chi connectivity index (χ2n) is 6.56. The summed E-state index contributed by atoms with van der Waals surface area (Å²) in [5, 5.41) is 1.77. The maximum Gasteiger partial charge on any atom is 0.253 e. The van der Waals surface area contributed by atoms with Crippen molar-refractivity contribution in [2.75, 3.05) is 0 Å². The van der Waals surface area contributed by atoms with Crippen LogP contribution in [0.3, 0.4) is 0 Å². The Bertz CT molecular complexity index is 1310. The number of hydrogen-bond donors (Lipinski definition) is 0. The summed E-state index contributed by atoms with van der Waals surface area (Å²) in [4.78, 5) is 8.78. The Balaban J connectivity index is 1.58. The van der Waals surface area contributed by atoms with Crippen molar-refractivity contribution < 1.29 is 8.42 Å². The monoisotopic (exact) mass is 423 g/mol. The molecule has 0 aromatic carbocycles. The summed E-state index contributed by atoms with van der Waals surface area (Å²) in [6.45, 7) is 0.400. The third-order valence-corrected chi connectivity index (χ3v) is 7.92. The van der Waals surface area contributed by atoms with Crippen LogP contribution in [0.5, 0.6) is 0 Å². The lowest BCUT2D eigenvalue weighted by Crippen LogP contribution is -2.30. The minimum absolute atomic E-state index is 0.200. The number of pyridine rings is 2. The molecule has 9 heteroatoms. The maximum absolute atomic E-state index is 13.4. The molecule has 0 radical (unpaired) electrons. The average Bonchev–Trinajstić information content (AvgIpc) is 3.48. The van der Waals surface area contributed by atoms with Crippen LogP contribution in [-0.2, 0) is 23.1 Å². The van der Waals surface area contributed by atoms with E-state index >= 15 is 0 Å². The van der Waals surface area contributed by atoms with E-state index in [1.165, 1.54) is 15.6 Å². The number of imidazole rings is 2. The van der Waals surface area contributed by atoms with E-state index in [-0.39, 0.29) is 13.1 Å². The summed E-state index contributed by atoms with van der Waals surface area (Å²) in [5.41, 5.74) is 3.17. The van der Waals surface area contributed by atoms with Gasteiger partial charge in [-0.05, 0) is 35.7 Å². The minimum atomic E-state index is -3.68. The Morgan fingerprint density at radius 3 is 1.93 bits per heavy atom. The number of fused-ring (bicyclic) bond motifs is 2. The summed E-state index contributed by atoms with van der Waals surface area (Å²) in [6, 6.07) is 14.8. The topological polar surface area (TPSA) is 72.0 Å². The number of hydrogen-bond acceptors (Lipinski definition) is 5. The molecule has 0 saturated heterocycles. The van der Waals surface area contributed by atoms with Gasteiger partial charge in [-0.1, -0.05) is 18.2 Å². The molecular weight excluding hydrogens is 406 g/mol. The Labute approximate surface area is 171 Å². The van der Waals surface area contributed by atoms with Gasteiger partial charge < -0.3 is 8.80 Å². The van der Waals surface area contributed by atoms with Crippen LogP contribution in [0.2, 0.25) is 0 Å². The molecule has 0 saturated carbocycles. The van der Waals surface area contributed by atoms with Gasteiger partial charge in [0, 0.05) is 12.4 Å². The van der Waals surface area contributed by atoms with E-state index in [9.17, 15) is 8.42 Å². The fourth-order valence-corrected chi connectivity index (χ4v) is 5.86. The van der Waals surface area contributed by atoms with Crippen LogP contribution >= 0.6 is 11.3 Å². The van der Waals surface area contributed by atoms with Gasteiger partial charge in [-0.2, -0.15) is 4.31 Å². The van der Waals surface area contributed by atoms with Gasteiger partial charge in [0.05, 0.1) is 36.9 Å². The second-order valence-corrected chi connectivity index (χ2v) is 9.67. The predicted octanol–water partition coefficient (Wildman–Crippen LogP) is 3.43. The first-order chi connectivity index (χ1) is 14.1. The third kappa shape index (κ3) is 3.23. The van der Waals surface area contributed by atoms with Crippen LogP contribution in [0, 0.1) is 0 Å². The first-order valence-electron chi connectivity index (χ1n) is 8.98. The van der Waals surface area contributed by atoms with Crippen LogP contribution in [-0.4, -0.2) is 31.5 Å². The molecule has 7 nitrogen and oxygen atoms in total. The van der Waals surface area contributed by atoms with Crippen LogP contribution in [0.1, 0.15) is 11.4 Å². The molecule has 0 aliphatic carbocycles. The van der Waals surface area contributed by atoms with Crippen molar-refractivity contribution in [3.8, 4) is 0 Å². The van der Waals surface area contributed by atoms with Crippen molar-refractivity contribution in [2.45, 2.75) is 17.3 Å². The first kappa shape index (κ1) is 18.0. The number of sulfonamides is 1. The smallest absolute Gasteiger partial charge is 0.253 e. The molecule has 5 heterocycles. The molecule has 0 fully saturated rings. The fraction of sp³-hybridized carbons (Fsp3) is 0.100. The Hall–Kier alpha value is -3.01. The van der Waals surface area contributed by atoms with E-state index in [1.807, 2.05) is 57.6 Å². The highest BCUT2D eigenvalue weighted by Gasteiger charge is 2.27. The molecule has 5 aromatic rings. The number of rotatable bonds is 6. The fourth-order valence-electron chi connectivity index (χ4n) is 3.33. The summed E-state index contributed by atoms with van der Waals surface area (Å²) < 4.78 is 32.4. The van der Waals surface area contributed by atoms with Crippen molar-refractivity contribution >= 4 is 32.7 Å². The highest BCUT2D eigenvalue weighted by molar-refractivity contribution is 7.91. The molecule has 5 aromatic heterocycles. The zero-order chi connectivity index (χ0) is 19.8. The van der Waals surface area contributed by atoms with Gasteiger partial charge in [0.25, 0.3) is 10.0 Å². The normalized spacial score (nSPS) is 12.3. The quantitative estimate of drug-likeness (QED) is 0.419. The second kappa shape index (κ2) is 7.11. The Kier molecular flexibility index (Phi) is 4.42. The molecule has 0 N–H and O–H groups in total. The standard InChI is InChI=1S/C20H17N5O2S2/c26-29(27,20-8-5-11-28-20)23(14-16-12-21-18-6-1-3-9-24(16)18)15-17-13-22-19-7-2-4-10-25(17)19/h1-13H,14-15H2. The lowest BCUT2D eigenvalue weighted by Gasteiger charge is -2.21. The molecule has 0 spiro atoms. The van der Waals surface area contributed by atoms with Crippen LogP contribution in [0.4, 0.5) is 0 Å². The number of nitrogens with zero attached hydrogens (tertiary/aromatic N) is 5. The van der Waals surface area contributed by atoms with Crippen molar-refractivity contribution in [1.82, 2.24) is 23.1 Å². The molecule has 146 valence electrons. The van der Waals surface area contributed by atoms with Crippen LogP contribution in [0.15, 0.2) is 82.9 Å². The maximum atomic E-state index is 13.4. The van der Waals surface area contributed by atoms with E-state index in [2.05, 4.69) is 9.97 Å². The molecule has 0 unspecified atom stereocenters. The molecule has 0 aliphatic heterocycles. The lowest BCUT2D eigenvalue weighted by molar-refractivity contribution is 0.392. The first-order valence-corrected chi connectivity index (χ1v) is 11.3. The molecule has 0 aliphatic rings. The number of thiophene rings is 1. The van der Waals surface area contributed by atoms with Gasteiger partial charge in [-0.15, -0.1) is 11.3 Å². The average molecular weight is 424 g/mol. The van der Waals surface area contributed by atoms with Gasteiger partial charge in [0.1, 0.15) is 15.5 Å². The van der Waals surface area contributed by atoms with E-state index in [4.69, 9.17) is 0 Å². The summed E-state index contributed by atoms with van der Waals surface area (Å²) in [6.07, 6.45) is 7.23. The number of aromatic nitrogens is 4. The summed E-state index contributed by atoms with van der Waals surface area (Å²) in [7, 11) is -3.68. The van der Waals surface area contributed by atoms with Gasteiger partial charge in [0.2, 0.25) is 0 Å². The van der Waals surface area contributed by atoms with E-state index < -0.39 is 10.0 Å². The molecule has 0 atom stereocenters. The highest BCUT2D eigenvalue weighted by Crippen LogP contribution is 2.25. The van der Waals surface area contributed by atoms with Crippen molar-refractivity contribution in [3.63, 3.8) is 0 Å². The van der Waals surface area contributed by atoms with E-state index in [0.717, 1.165) is 22.7 Å². The van der Waals surface area contributed by atoms with Gasteiger partial charge in [-0.3, -0.25) is 0 Å². The van der Waals surface area contributed by atoms with Gasteiger partial charge in [0.15, 0.2) is 0 Å². The van der Waals surface area contributed by atoms with Crippen molar-refractivity contribution in [2.24, 2.45) is 0 Å². The van der Waals surface area contributed by atoms with E-state index in [0.29, 0.717) is 4.21 Å². The van der Waals surface area contributed by atoms with Crippen molar-refractivity contribution in [3.05, 3.63) is 90.1 Å².